The highest BCUT2D eigenvalue weighted by Gasteiger charge is 2.37. The van der Waals surface area contributed by atoms with E-state index in [9.17, 15) is 9.90 Å². The SMILES string of the molecule is CCCCC1(C(=O)O)CCCCCC1. The molecule has 1 aliphatic carbocycles. The van der Waals surface area contributed by atoms with Gasteiger partial charge in [0.2, 0.25) is 0 Å². The lowest BCUT2D eigenvalue weighted by atomic mass is 9.76. The van der Waals surface area contributed by atoms with Crippen molar-refractivity contribution >= 4 is 5.97 Å². The predicted octanol–water partition coefficient (Wildman–Crippen LogP) is 3.60. The molecule has 0 aromatic carbocycles. The molecule has 1 aliphatic rings. The highest BCUT2D eigenvalue weighted by atomic mass is 16.4. The van der Waals surface area contributed by atoms with Gasteiger partial charge in [-0.2, -0.15) is 0 Å². The molecule has 1 fully saturated rings. The maximum atomic E-state index is 11.3. The summed E-state index contributed by atoms with van der Waals surface area (Å²) >= 11 is 0. The van der Waals surface area contributed by atoms with Crippen molar-refractivity contribution in [3.05, 3.63) is 0 Å². The first kappa shape index (κ1) is 11.5. The second-order valence-corrected chi connectivity index (χ2v) is 4.60. The first-order valence-electron chi connectivity index (χ1n) is 5.95. The van der Waals surface area contributed by atoms with Crippen molar-refractivity contribution in [2.45, 2.75) is 64.7 Å². The van der Waals surface area contributed by atoms with Crippen molar-refractivity contribution < 1.29 is 9.90 Å². The van der Waals surface area contributed by atoms with Gasteiger partial charge in [-0.3, -0.25) is 4.79 Å². The molecule has 1 saturated carbocycles. The predicted molar refractivity (Wildman–Crippen MR) is 57.3 cm³/mol. The summed E-state index contributed by atoms with van der Waals surface area (Å²) in [7, 11) is 0. The molecule has 0 bridgehead atoms. The van der Waals surface area contributed by atoms with Gasteiger partial charge >= 0.3 is 5.97 Å². The van der Waals surface area contributed by atoms with Gasteiger partial charge in [0.1, 0.15) is 0 Å². The Bertz CT molecular complexity index is 179. The van der Waals surface area contributed by atoms with E-state index in [0.717, 1.165) is 44.9 Å². The molecule has 0 saturated heterocycles. The number of hydrogen-bond acceptors (Lipinski definition) is 1. The Morgan fingerprint density at radius 1 is 1.21 bits per heavy atom. The third-order valence-corrected chi connectivity index (χ3v) is 3.52. The number of hydrogen-bond donors (Lipinski definition) is 1. The third kappa shape index (κ3) is 2.73. The van der Waals surface area contributed by atoms with Crippen LogP contribution in [0.25, 0.3) is 0 Å². The molecule has 1 rings (SSSR count). The average molecular weight is 198 g/mol. The van der Waals surface area contributed by atoms with Crippen molar-refractivity contribution in [3.63, 3.8) is 0 Å². The number of aliphatic carboxylic acids is 1. The van der Waals surface area contributed by atoms with Crippen LogP contribution in [0.15, 0.2) is 0 Å². The summed E-state index contributed by atoms with van der Waals surface area (Å²) < 4.78 is 0. The maximum Gasteiger partial charge on any atom is 0.309 e. The second kappa shape index (κ2) is 5.38. The highest BCUT2D eigenvalue weighted by molar-refractivity contribution is 5.74. The number of carboxylic acid groups (broad SMARTS) is 1. The Morgan fingerprint density at radius 2 is 1.79 bits per heavy atom. The van der Waals surface area contributed by atoms with Crippen molar-refractivity contribution in [2.75, 3.05) is 0 Å². The van der Waals surface area contributed by atoms with Crippen molar-refractivity contribution in [2.24, 2.45) is 5.41 Å². The van der Waals surface area contributed by atoms with E-state index in [1.165, 1.54) is 12.8 Å². The van der Waals surface area contributed by atoms with Crippen LogP contribution in [0, 0.1) is 5.41 Å². The zero-order valence-corrected chi connectivity index (χ0v) is 9.22. The molecule has 0 radical (unpaired) electrons. The molecule has 0 atom stereocenters. The molecule has 82 valence electrons. The van der Waals surface area contributed by atoms with Crippen LogP contribution in [0.4, 0.5) is 0 Å². The number of carboxylic acids is 1. The molecule has 2 heteroatoms. The fraction of sp³-hybridized carbons (Fsp3) is 0.917. The smallest absolute Gasteiger partial charge is 0.309 e. The van der Waals surface area contributed by atoms with Gasteiger partial charge in [-0.25, -0.2) is 0 Å². The Labute approximate surface area is 86.7 Å². The largest absolute Gasteiger partial charge is 0.481 e. The van der Waals surface area contributed by atoms with E-state index < -0.39 is 5.97 Å². The molecule has 0 aromatic rings. The summed E-state index contributed by atoms with van der Waals surface area (Å²) in [5, 5.41) is 9.34. The van der Waals surface area contributed by atoms with E-state index in [0.29, 0.717) is 0 Å². The number of carbonyl (C=O) groups is 1. The first-order valence-corrected chi connectivity index (χ1v) is 5.95. The minimum atomic E-state index is -0.548. The summed E-state index contributed by atoms with van der Waals surface area (Å²) in [6.45, 7) is 2.13. The van der Waals surface area contributed by atoms with Crippen LogP contribution >= 0.6 is 0 Å². The van der Waals surface area contributed by atoms with Crippen LogP contribution in [0.3, 0.4) is 0 Å². The zero-order chi connectivity index (χ0) is 10.4. The third-order valence-electron chi connectivity index (χ3n) is 3.52. The number of rotatable bonds is 4. The minimum absolute atomic E-state index is 0.369. The van der Waals surface area contributed by atoms with Crippen LogP contribution in [-0.2, 0) is 4.79 Å². The summed E-state index contributed by atoms with van der Waals surface area (Å²) in [6, 6.07) is 0. The monoisotopic (exact) mass is 198 g/mol. The lowest BCUT2D eigenvalue weighted by Gasteiger charge is -2.27. The molecule has 0 spiro atoms. The van der Waals surface area contributed by atoms with Gasteiger partial charge in [-0.05, 0) is 19.3 Å². The van der Waals surface area contributed by atoms with E-state index >= 15 is 0 Å². The minimum Gasteiger partial charge on any atom is -0.481 e. The topological polar surface area (TPSA) is 37.3 Å². The molecule has 0 heterocycles. The van der Waals surface area contributed by atoms with E-state index in [-0.39, 0.29) is 5.41 Å². The molecule has 0 amide bonds. The van der Waals surface area contributed by atoms with Gasteiger partial charge in [-0.1, -0.05) is 45.4 Å². The first-order chi connectivity index (χ1) is 6.71. The Balaban J connectivity index is 2.62. The van der Waals surface area contributed by atoms with Crippen molar-refractivity contribution in [1.29, 1.82) is 0 Å². The van der Waals surface area contributed by atoms with Gasteiger partial charge in [0.15, 0.2) is 0 Å². The molecule has 14 heavy (non-hydrogen) atoms. The Morgan fingerprint density at radius 3 is 2.21 bits per heavy atom. The molecular weight excluding hydrogens is 176 g/mol. The molecule has 1 N–H and O–H groups in total. The second-order valence-electron chi connectivity index (χ2n) is 4.60. The summed E-state index contributed by atoms with van der Waals surface area (Å²) in [6.07, 6.45) is 9.53. The lowest BCUT2D eigenvalue weighted by molar-refractivity contribution is -0.150. The maximum absolute atomic E-state index is 11.3. The summed E-state index contributed by atoms with van der Waals surface area (Å²) in [5.74, 6) is -0.548. The van der Waals surface area contributed by atoms with Crippen LogP contribution in [0.5, 0.6) is 0 Å². The van der Waals surface area contributed by atoms with E-state index in [1.54, 1.807) is 0 Å². The summed E-state index contributed by atoms with van der Waals surface area (Å²) in [4.78, 5) is 11.3. The Kier molecular flexibility index (Phi) is 4.43. The van der Waals surface area contributed by atoms with Gasteiger partial charge in [0, 0.05) is 0 Å². The van der Waals surface area contributed by atoms with E-state index in [4.69, 9.17) is 0 Å². The molecule has 0 aromatic heterocycles. The molecular formula is C12H22O2. The van der Waals surface area contributed by atoms with Crippen LogP contribution in [0.2, 0.25) is 0 Å². The van der Waals surface area contributed by atoms with Gasteiger partial charge in [0.05, 0.1) is 5.41 Å². The average Bonchev–Trinajstić information content (AvgIpc) is 2.41. The lowest BCUT2D eigenvalue weighted by Crippen LogP contribution is -2.30. The van der Waals surface area contributed by atoms with Gasteiger partial charge in [-0.15, -0.1) is 0 Å². The highest BCUT2D eigenvalue weighted by Crippen LogP contribution is 2.39. The molecule has 0 aliphatic heterocycles. The van der Waals surface area contributed by atoms with Gasteiger partial charge < -0.3 is 5.11 Å². The van der Waals surface area contributed by atoms with E-state index in [1.807, 2.05) is 0 Å². The fourth-order valence-corrected chi connectivity index (χ4v) is 2.49. The Hall–Kier alpha value is -0.530. The normalized spacial score (nSPS) is 21.5. The van der Waals surface area contributed by atoms with E-state index in [2.05, 4.69) is 6.92 Å². The number of unbranched alkanes of at least 4 members (excludes halogenated alkanes) is 1. The summed E-state index contributed by atoms with van der Waals surface area (Å²) in [5.41, 5.74) is -0.369. The standard InChI is InChI=1S/C12H22O2/c1-2-3-8-12(11(13)14)9-6-4-5-7-10-12/h2-10H2,1H3,(H,13,14). The van der Waals surface area contributed by atoms with Crippen LogP contribution in [-0.4, -0.2) is 11.1 Å². The zero-order valence-electron chi connectivity index (χ0n) is 9.22. The fourth-order valence-electron chi connectivity index (χ4n) is 2.49. The van der Waals surface area contributed by atoms with Crippen LogP contribution in [0.1, 0.15) is 64.7 Å². The van der Waals surface area contributed by atoms with Crippen molar-refractivity contribution in [3.8, 4) is 0 Å². The molecule has 0 unspecified atom stereocenters. The van der Waals surface area contributed by atoms with Crippen LogP contribution < -0.4 is 0 Å². The van der Waals surface area contributed by atoms with Crippen molar-refractivity contribution in [1.82, 2.24) is 0 Å². The van der Waals surface area contributed by atoms with Gasteiger partial charge in [0.25, 0.3) is 0 Å². The quantitative estimate of drug-likeness (QED) is 0.701. The molecule has 2 nitrogen and oxygen atoms in total.